The molecule has 0 saturated heterocycles. The predicted molar refractivity (Wildman–Crippen MR) is 69.8 cm³/mol. The van der Waals surface area contributed by atoms with E-state index in [0.717, 1.165) is 23.2 Å². The van der Waals surface area contributed by atoms with Gasteiger partial charge in [0.05, 0.1) is 14.2 Å². The molecule has 0 spiro atoms. The highest BCUT2D eigenvalue weighted by Gasteiger charge is 2.08. The number of rotatable bonds is 4. The summed E-state index contributed by atoms with van der Waals surface area (Å²) < 4.78 is 11.7. The van der Waals surface area contributed by atoms with Crippen LogP contribution in [-0.4, -0.2) is 19.5 Å². The Bertz CT molecular complexity index is 315. The second-order valence-corrected chi connectivity index (χ2v) is 4.69. The molecule has 1 aromatic rings. The Labute approximate surface area is 106 Å². The topological polar surface area (TPSA) is 18.5 Å². The average Bonchev–Trinajstić information content (AvgIpc) is 2.20. The van der Waals surface area contributed by atoms with Crippen molar-refractivity contribution in [3.8, 4) is 11.5 Å². The van der Waals surface area contributed by atoms with Crippen LogP contribution >= 0.6 is 38.5 Å². The summed E-state index contributed by atoms with van der Waals surface area (Å²) in [7, 11) is 3.31. The van der Waals surface area contributed by atoms with Gasteiger partial charge in [-0.15, -0.1) is 0 Å². The fraction of sp³-hybridized carbons (Fsp3) is 0.400. The van der Waals surface area contributed by atoms with Gasteiger partial charge in [0.15, 0.2) is 11.5 Å². The normalized spacial score (nSPS) is 10.0. The molecule has 14 heavy (non-hydrogen) atoms. The van der Waals surface area contributed by atoms with Crippen LogP contribution in [0.1, 0.15) is 5.56 Å². The van der Waals surface area contributed by atoms with Crippen LogP contribution in [0.15, 0.2) is 12.1 Å². The number of ether oxygens (including phenoxy) is 2. The van der Waals surface area contributed by atoms with Crippen LogP contribution in [0.3, 0.4) is 0 Å². The Kier molecular flexibility index (Phi) is 5.01. The first kappa shape index (κ1) is 12.1. The van der Waals surface area contributed by atoms with E-state index in [0.29, 0.717) is 0 Å². The third-order valence-electron chi connectivity index (χ3n) is 1.92. The predicted octanol–water partition coefficient (Wildman–Crippen LogP) is 3.25. The van der Waals surface area contributed by atoms with Crippen molar-refractivity contribution in [1.82, 2.24) is 0 Å². The van der Waals surface area contributed by atoms with E-state index < -0.39 is 0 Å². The molecule has 2 nitrogen and oxygen atoms in total. The van der Waals surface area contributed by atoms with Crippen molar-refractivity contribution in [1.29, 1.82) is 0 Å². The van der Waals surface area contributed by atoms with E-state index >= 15 is 0 Å². The highest BCUT2D eigenvalue weighted by molar-refractivity contribution is 14.1. The highest BCUT2D eigenvalue weighted by atomic mass is 127. The Morgan fingerprint density at radius 2 is 1.79 bits per heavy atom. The molecule has 78 valence electrons. The number of hydrogen-bond donors (Lipinski definition) is 0. The minimum absolute atomic E-state index is 0.787. The zero-order valence-electron chi connectivity index (χ0n) is 8.14. The Morgan fingerprint density at radius 3 is 2.29 bits per heavy atom. The minimum Gasteiger partial charge on any atom is -0.493 e. The third kappa shape index (κ3) is 2.76. The van der Waals surface area contributed by atoms with Crippen molar-refractivity contribution in [2.75, 3.05) is 19.5 Å². The lowest BCUT2D eigenvalue weighted by Crippen LogP contribution is -1.96. The summed E-state index contributed by atoms with van der Waals surface area (Å²) in [5.41, 5.74) is 1.28. The first-order valence-corrected chi connectivity index (χ1v) is 6.39. The fourth-order valence-electron chi connectivity index (χ4n) is 1.19. The summed E-state index contributed by atoms with van der Waals surface area (Å²) in [5.74, 6) is 1.58. The zero-order valence-corrected chi connectivity index (χ0v) is 11.9. The molecule has 0 saturated carbocycles. The van der Waals surface area contributed by atoms with Gasteiger partial charge >= 0.3 is 0 Å². The first-order valence-electron chi connectivity index (χ1n) is 4.19. The van der Waals surface area contributed by atoms with Gasteiger partial charge in [0.1, 0.15) is 0 Å². The number of benzene rings is 1. The van der Waals surface area contributed by atoms with Gasteiger partial charge in [0, 0.05) is 8.90 Å². The molecule has 0 atom stereocenters. The van der Waals surface area contributed by atoms with Gasteiger partial charge in [-0.05, 0) is 46.7 Å². The number of methoxy groups -OCH3 is 2. The fourth-order valence-corrected chi connectivity index (χ4v) is 2.33. The van der Waals surface area contributed by atoms with Crippen LogP contribution in [0.4, 0.5) is 0 Å². The largest absolute Gasteiger partial charge is 0.493 e. The Hall–Kier alpha value is 0.0300. The monoisotopic (exact) mass is 370 g/mol. The van der Waals surface area contributed by atoms with E-state index in [-0.39, 0.29) is 0 Å². The minimum atomic E-state index is 0.787. The number of alkyl halides is 1. The van der Waals surface area contributed by atoms with Crippen LogP contribution in [0.5, 0.6) is 11.5 Å². The lowest BCUT2D eigenvalue weighted by Gasteiger charge is -2.10. The zero-order chi connectivity index (χ0) is 10.6. The molecule has 0 aliphatic carbocycles. The summed E-state index contributed by atoms with van der Waals surface area (Å²) in [6.45, 7) is 0. The van der Waals surface area contributed by atoms with Crippen molar-refractivity contribution >= 4 is 38.5 Å². The highest BCUT2D eigenvalue weighted by Crippen LogP contribution is 2.31. The number of halogens is 2. The van der Waals surface area contributed by atoms with Crippen molar-refractivity contribution in [2.24, 2.45) is 0 Å². The lowest BCUT2D eigenvalue weighted by molar-refractivity contribution is 0.354. The van der Waals surface area contributed by atoms with Gasteiger partial charge in [0.2, 0.25) is 0 Å². The second-order valence-electron chi connectivity index (χ2n) is 2.74. The molecule has 0 aromatic heterocycles. The van der Waals surface area contributed by atoms with Gasteiger partial charge in [0.25, 0.3) is 0 Å². The first-order chi connectivity index (χ1) is 6.72. The van der Waals surface area contributed by atoms with E-state index in [4.69, 9.17) is 9.47 Å². The van der Waals surface area contributed by atoms with Crippen LogP contribution < -0.4 is 9.47 Å². The standard InChI is InChI=1S/C10H12BrIO2/c1-13-9-5-7(3-4-11)8(12)6-10(9)14-2/h5-6H,3-4H2,1-2H3. The molecule has 0 heterocycles. The van der Waals surface area contributed by atoms with E-state index in [2.05, 4.69) is 38.5 Å². The number of hydrogen-bond acceptors (Lipinski definition) is 2. The number of aryl methyl sites for hydroxylation is 1. The molecule has 1 aromatic carbocycles. The molecule has 0 amide bonds. The Morgan fingerprint density at radius 1 is 1.21 bits per heavy atom. The summed E-state index contributed by atoms with van der Waals surface area (Å²) in [4.78, 5) is 0. The smallest absolute Gasteiger partial charge is 0.161 e. The lowest BCUT2D eigenvalue weighted by atomic mass is 10.1. The van der Waals surface area contributed by atoms with E-state index in [1.165, 1.54) is 9.13 Å². The molecule has 1 rings (SSSR count). The van der Waals surface area contributed by atoms with Crippen molar-refractivity contribution in [3.05, 3.63) is 21.3 Å². The molecule has 0 aliphatic rings. The maximum atomic E-state index is 5.23. The quantitative estimate of drug-likeness (QED) is 0.598. The van der Waals surface area contributed by atoms with Gasteiger partial charge < -0.3 is 9.47 Å². The van der Waals surface area contributed by atoms with Gasteiger partial charge in [-0.2, -0.15) is 0 Å². The molecule has 0 unspecified atom stereocenters. The van der Waals surface area contributed by atoms with Gasteiger partial charge in [-0.25, -0.2) is 0 Å². The van der Waals surface area contributed by atoms with Crippen molar-refractivity contribution in [2.45, 2.75) is 6.42 Å². The molecular formula is C10H12BrIO2. The van der Waals surface area contributed by atoms with Crippen molar-refractivity contribution < 1.29 is 9.47 Å². The molecule has 0 N–H and O–H groups in total. The summed E-state index contributed by atoms with van der Waals surface area (Å²) >= 11 is 5.74. The molecule has 4 heteroatoms. The maximum absolute atomic E-state index is 5.23. The molecule has 0 radical (unpaired) electrons. The van der Waals surface area contributed by atoms with Gasteiger partial charge in [-0.3, -0.25) is 0 Å². The molecular weight excluding hydrogens is 359 g/mol. The van der Waals surface area contributed by atoms with E-state index in [1.807, 2.05) is 12.1 Å². The molecule has 0 aliphatic heterocycles. The summed E-state index contributed by atoms with van der Waals surface area (Å²) in [6.07, 6.45) is 0.999. The van der Waals surface area contributed by atoms with Crippen LogP contribution in [-0.2, 0) is 6.42 Å². The summed E-state index contributed by atoms with van der Waals surface area (Å²) in [5, 5.41) is 0.957. The SMILES string of the molecule is COc1cc(I)c(CCBr)cc1OC. The van der Waals surface area contributed by atoms with Crippen LogP contribution in [0.25, 0.3) is 0 Å². The summed E-state index contributed by atoms with van der Waals surface area (Å²) in [6, 6.07) is 4.03. The van der Waals surface area contributed by atoms with E-state index in [1.54, 1.807) is 14.2 Å². The maximum Gasteiger partial charge on any atom is 0.161 e. The van der Waals surface area contributed by atoms with Crippen LogP contribution in [0, 0.1) is 3.57 Å². The van der Waals surface area contributed by atoms with E-state index in [9.17, 15) is 0 Å². The van der Waals surface area contributed by atoms with Crippen LogP contribution in [0.2, 0.25) is 0 Å². The third-order valence-corrected chi connectivity index (χ3v) is 3.32. The Balaban J connectivity index is 3.09. The van der Waals surface area contributed by atoms with Crippen molar-refractivity contribution in [3.63, 3.8) is 0 Å². The second kappa shape index (κ2) is 5.80. The average molecular weight is 371 g/mol. The molecule has 0 bridgehead atoms. The molecule has 0 fully saturated rings. The van der Waals surface area contributed by atoms with Gasteiger partial charge in [-0.1, -0.05) is 15.9 Å².